The van der Waals surface area contributed by atoms with Gasteiger partial charge in [0, 0.05) is 18.1 Å². The highest BCUT2D eigenvalue weighted by molar-refractivity contribution is 7.89. The van der Waals surface area contributed by atoms with Gasteiger partial charge in [-0.3, -0.25) is 4.79 Å². The van der Waals surface area contributed by atoms with Crippen LogP contribution < -0.4 is 5.43 Å². The molecule has 4 rings (SSSR count). The van der Waals surface area contributed by atoms with Crippen LogP contribution in [0.1, 0.15) is 11.1 Å². The van der Waals surface area contributed by atoms with Gasteiger partial charge in [-0.15, -0.1) is 0 Å². The molecule has 0 saturated heterocycles. The fraction of sp³-hybridized carbons (Fsp3) is 0.0870. The topological polar surface area (TPSA) is 67.6 Å². The first-order valence-electron chi connectivity index (χ1n) is 9.45. The standard InChI is InChI=1S/C23H16Cl2FNO4S/c24-17-7-10-20(25)22(11-17)32(29,30)27(12-15-5-8-18(26)9-6-15)13-16-14-31-21-4-2-1-3-19(21)23(16)28/h1-11,14H,12-13H2. The Morgan fingerprint density at radius 1 is 0.938 bits per heavy atom. The average Bonchev–Trinajstić information content (AvgIpc) is 2.78. The van der Waals surface area contributed by atoms with E-state index in [1.54, 1.807) is 24.3 Å². The van der Waals surface area contributed by atoms with Gasteiger partial charge in [0.15, 0.2) is 5.43 Å². The molecule has 0 saturated carbocycles. The first-order chi connectivity index (χ1) is 15.3. The van der Waals surface area contributed by atoms with E-state index in [4.69, 9.17) is 27.6 Å². The molecule has 0 amide bonds. The van der Waals surface area contributed by atoms with Crippen molar-refractivity contribution in [2.75, 3.05) is 0 Å². The number of benzene rings is 3. The van der Waals surface area contributed by atoms with Crippen LogP contribution in [-0.2, 0) is 23.1 Å². The maximum absolute atomic E-state index is 13.5. The second kappa shape index (κ2) is 9.03. The van der Waals surface area contributed by atoms with Gasteiger partial charge in [0.25, 0.3) is 0 Å². The van der Waals surface area contributed by atoms with E-state index in [0.717, 1.165) is 4.31 Å². The normalized spacial score (nSPS) is 11.9. The summed E-state index contributed by atoms with van der Waals surface area (Å²) < 4.78 is 47.0. The van der Waals surface area contributed by atoms with Crippen molar-refractivity contribution in [1.29, 1.82) is 0 Å². The summed E-state index contributed by atoms with van der Waals surface area (Å²) in [6.45, 7) is -0.409. The van der Waals surface area contributed by atoms with Crippen molar-refractivity contribution in [3.63, 3.8) is 0 Å². The van der Waals surface area contributed by atoms with Gasteiger partial charge < -0.3 is 4.42 Å². The van der Waals surface area contributed by atoms with E-state index < -0.39 is 15.8 Å². The summed E-state index contributed by atoms with van der Waals surface area (Å²) in [6, 6.07) is 16.2. The zero-order chi connectivity index (χ0) is 22.9. The van der Waals surface area contributed by atoms with Gasteiger partial charge in [-0.25, -0.2) is 12.8 Å². The lowest BCUT2D eigenvalue weighted by molar-refractivity contribution is 0.396. The van der Waals surface area contributed by atoms with Crippen LogP contribution in [0.4, 0.5) is 4.39 Å². The summed E-state index contributed by atoms with van der Waals surface area (Å²) in [4.78, 5) is 12.8. The van der Waals surface area contributed by atoms with Crippen LogP contribution in [0.25, 0.3) is 11.0 Å². The molecule has 5 nitrogen and oxygen atoms in total. The minimum atomic E-state index is -4.19. The van der Waals surface area contributed by atoms with E-state index >= 15 is 0 Å². The lowest BCUT2D eigenvalue weighted by Gasteiger charge is -2.23. The molecule has 0 spiro atoms. The van der Waals surface area contributed by atoms with Crippen molar-refractivity contribution in [3.05, 3.63) is 110 Å². The van der Waals surface area contributed by atoms with Gasteiger partial charge >= 0.3 is 0 Å². The maximum atomic E-state index is 13.5. The van der Waals surface area contributed by atoms with Crippen molar-refractivity contribution in [1.82, 2.24) is 4.31 Å². The Balaban J connectivity index is 1.81. The SMILES string of the molecule is O=c1c(CN(Cc2ccc(F)cc2)S(=O)(=O)c2cc(Cl)ccc2Cl)coc2ccccc12. The summed E-state index contributed by atoms with van der Waals surface area (Å²) >= 11 is 12.2. The molecule has 4 aromatic rings. The third-order valence-electron chi connectivity index (χ3n) is 4.88. The highest BCUT2D eigenvalue weighted by Gasteiger charge is 2.28. The van der Waals surface area contributed by atoms with E-state index in [1.807, 2.05) is 0 Å². The highest BCUT2D eigenvalue weighted by Crippen LogP contribution is 2.29. The van der Waals surface area contributed by atoms with Gasteiger partial charge in [-0.1, -0.05) is 47.5 Å². The van der Waals surface area contributed by atoms with Crippen LogP contribution >= 0.6 is 23.2 Å². The molecular weight excluding hydrogens is 476 g/mol. The van der Waals surface area contributed by atoms with Crippen molar-refractivity contribution >= 4 is 44.2 Å². The fourth-order valence-corrected chi connectivity index (χ4v) is 5.39. The second-order valence-electron chi connectivity index (χ2n) is 7.06. The van der Waals surface area contributed by atoms with Gasteiger partial charge in [0.05, 0.1) is 22.2 Å². The molecule has 1 heterocycles. The van der Waals surface area contributed by atoms with Crippen LogP contribution in [-0.4, -0.2) is 12.7 Å². The Bertz CT molecular complexity index is 1450. The number of halogens is 3. The van der Waals surface area contributed by atoms with Crippen LogP contribution in [0.15, 0.2) is 87.1 Å². The molecule has 0 aliphatic heterocycles. The molecule has 32 heavy (non-hydrogen) atoms. The van der Waals surface area contributed by atoms with Gasteiger partial charge in [-0.05, 0) is 48.0 Å². The van der Waals surface area contributed by atoms with E-state index in [-0.39, 0.29) is 39.0 Å². The lowest BCUT2D eigenvalue weighted by Crippen LogP contribution is -2.32. The number of nitrogens with zero attached hydrogens (tertiary/aromatic N) is 1. The van der Waals surface area contributed by atoms with Crippen LogP contribution in [0.5, 0.6) is 0 Å². The van der Waals surface area contributed by atoms with E-state index in [1.165, 1.54) is 48.7 Å². The van der Waals surface area contributed by atoms with Crippen LogP contribution in [0.2, 0.25) is 10.0 Å². The monoisotopic (exact) mass is 491 g/mol. The highest BCUT2D eigenvalue weighted by atomic mass is 35.5. The Morgan fingerprint density at radius 2 is 1.66 bits per heavy atom. The van der Waals surface area contributed by atoms with Gasteiger partial charge in [0.2, 0.25) is 10.0 Å². The molecular formula is C23H16Cl2FNO4S. The summed E-state index contributed by atoms with van der Waals surface area (Å²) in [5.41, 5.74) is 0.723. The fourth-order valence-electron chi connectivity index (χ4n) is 3.25. The Kier molecular flexibility index (Phi) is 6.35. The molecule has 0 unspecified atom stereocenters. The number of hydrogen-bond acceptors (Lipinski definition) is 4. The van der Waals surface area contributed by atoms with Crippen LogP contribution in [0.3, 0.4) is 0 Å². The predicted octanol–water partition coefficient (Wildman–Crippen LogP) is 5.63. The quantitative estimate of drug-likeness (QED) is 0.350. The molecule has 0 N–H and O–H groups in total. The van der Waals surface area contributed by atoms with Gasteiger partial charge in [-0.2, -0.15) is 4.31 Å². The second-order valence-corrected chi connectivity index (χ2v) is 9.81. The molecule has 0 aliphatic carbocycles. The zero-order valence-corrected chi connectivity index (χ0v) is 18.8. The molecule has 1 aromatic heterocycles. The third-order valence-corrected chi connectivity index (χ3v) is 7.39. The molecule has 3 aromatic carbocycles. The number of rotatable bonds is 6. The number of hydrogen-bond donors (Lipinski definition) is 0. The van der Waals surface area contributed by atoms with Crippen molar-refractivity contribution < 1.29 is 17.2 Å². The Hall–Kier alpha value is -2.71. The minimum absolute atomic E-state index is 0.0101. The summed E-state index contributed by atoms with van der Waals surface area (Å²) in [7, 11) is -4.19. The predicted molar refractivity (Wildman–Crippen MR) is 122 cm³/mol. The first kappa shape index (κ1) is 22.5. The molecule has 0 atom stereocenters. The average molecular weight is 492 g/mol. The molecule has 0 bridgehead atoms. The summed E-state index contributed by atoms with van der Waals surface area (Å²) in [5, 5.41) is 0.522. The van der Waals surface area contributed by atoms with E-state index in [0.29, 0.717) is 16.5 Å². The minimum Gasteiger partial charge on any atom is -0.464 e. The lowest BCUT2D eigenvalue weighted by atomic mass is 10.1. The molecule has 0 aliphatic rings. The summed E-state index contributed by atoms with van der Waals surface area (Å²) in [6.07, 6.45) is 1.25. The molecule has 0 fully saturated rings. The first-order valence-corrected chi connectivity index (χ1v) is 11.6. The van der Waals surface area contributed by atoms with Crippen molar-refractivity contribution in [2.45, 2.75) is 18.0 Å². The van der Waals surface area contributed by atoms with Crippen molar-refractivity contribution in [2.24, 2.45) is 0 Å². The smallest absolute Gasteiger partial charge is 0.245 e. The largest absolute Gasteiger partial charge is 0.464 e. The Morgan fingerprint density at radius 3 is 2.41 bits per heavy atom. The number of fused-ring (bicyclic) bond motifs is 1. The Labute approximate surface area is 193 Å². The maximum Gasteiger partial charge on any atom is 0.245 e. The van der Waals surface area contributed by atoms with Crippen molar-refractivity contribution in [3.8, 4) is 0 Å². The molecule has 0 radical (unpaired) electrons. The molecule has 164 valence electrons. The number of sulfonamides is 1. The van der Waals surface area contributed by atoms with Crippen LogP contribution in [0, 0.1) is 5.82 Å². The summed E-state index contributed by atoms with van der Waals surface area (Å²) in [5.74, 6) is -0.448. The zero-order valence-electron chi connectivity index (χ0n) is 16.5. The van der Waals surface area contributed by atoms with Gasteiger partial charge in [0.1, 0.15) is 16.3 Å². The number of para-hydroxylation sites is 1. The third kappa shape index (κ3) is 4.56. The molecule has 9 heteroatoms. The van der Waals surface area contributed by atoms with E-state index in [2.05, 4.69) is 0 Å². The van der Waals surface area contributed by atoms with E-state index in [9.17, 15) is 17.6 Å².